The van der Waals surface area contributed by atoms with Gasteiger partial charge < -0.3 is 22.3 Å². The molecule has 72 valence electrons. The molecule has 0 saturated heterocycles. The summed E-state index contributed by atoms with van der Waals surface area (Å²) in [5, 5.41) is 11.1. The Kier molecular flexibility index (Phi) is 5.56. The van der Waals surface area contributed by atoms with Crippen LogP contribution in [0.3, 0.4) is 0 Å². The highest BCUT2D eigenvalue weighted by Gasteiger charge is 2.09. The van der Waals surface area contributed by atoms with E-state index in [2.05, 4.69) is 5.32 Å². The Hall–Kier alpha value is -0.690. The molecule has 0 aliphatic heterocycles. The third-order valence-electron chi connectivity index (χ3n) is 1.39. The summed E-state index contributed by atoms with van der Waals surface area (Å²) in [6.07, 6.45) is 0.527. The van der Waals surface area contributed by atoms with Crippen LogP contribution in [0, 0.1) is 0 Å². The van der Waals surface area contributed by atoms with E-state index in [1.54, 1.807) is 0 Å². The normalized spacial score (nSPS) is 13.3. The van der Waals surface area contributed by atoms with Crippen LogP contribution in [0.2, 0.25) is 0 Å². The summed E-state index contributed by atoms with van der Waals surface area (Å²) in [4.78, 5) is 10.2. The number of carboxylic acids is 1. The van der Waals surface area contributed by atoms with Crippen LogP contribution in [0.4, 0.5) is 0 Å². The fourth-order valence-corrected chi connectivity index (χ4v) is 0.714. The molecular weight excluding hydrogens is 160 g/mol. The van der Waals surface area contributed by atoms with Gasteiger partial charge in [-0.25, -0.2) is 0 Å². The van der Waals surface area contributed by atoms with Crippen LogP contribution < -0.4 is 22.5 Å². The fraction of sp³-hybridized carbons (Fsp3) is 0.833. The van der Waals surface area contributed by atoms with Gasteiger partial charge in [0.15, 0.2) is 0 Å². The Balaban J connectivity index is 3.25. The fourth-order valence-electron chi connectivity index (χ4n) is 0.714. The van der Waals surface area contributed by atoms with Crippen molar-refractivity contribution in [3.63, 3.8) is 0 Å². The van der Waals surface area contributed by atoms with Crippen molar-refractivity contribution in [1.82, 2.24) is 5.32 Å². The predicted octanol–water partition coefficient (Wildman–Crippen LogP) is -2.03. The molecule has 0 unspecified atom stereocenters. The van der Waals surface area contributed by atoms with Crippen LogP contribution >= 0.6 is 0 Å². The van der Waals surface area contributed by atoms with Gasteiger partial charge in [0.2, 0.25) is 0 Å². The van der Waals surface area contributed by atoms with E-state index in [0.29, 0.717) is 19.4 Å². The Morgan fingerprint density at radius 3 is 2.42 bits per heavy atom. The van der Waals surface area contributed by atoms with Gasteiger partial charge in [-0.3, -0.25) is 10.1 Å². The van der Waals surface area contributed by atoms with Crippen molar-refractivity contribution in [1.29, 1.82) is 0 Å². The quantitative estimate of drug-likeness (QED) is 0.234. The van der Waals surface area contributed by atoms with Gasteiger partial charge in [-0.05, 0) is 19.4 Å². The maximum absolute atomic E-state index is 10.2. The van der Waals surface area contributed by atoms with Gasteiger partial charge in [-0.15, -0.1) is 0 Å². The molecule has 12 heavy (non-hydrogen) atoms. The van der Waals surface area contributed by atoms with E-state index in [4.69, 9.17) is 22.3 Å². The first-order valence-electron chi connectivity index (χ1n) is 3.77. The summed E-state index contributed by atoms with van der Waals surface area (Å²) in [5.74, 6) is -0.980. The lowest BCUT2D eigenvalue weighted by atomic mass is 10.2. The number of aliphatic carboxylic acids is 1. The number of nitrogens with one attached hydrogen (secondary N) is 1. The zero-order valence-corrected chi connectivity index (χ0v) is 6.86. The minimum atomic E-state index is -0.980. The molecule has 0 aromatic carbocycles. The Bertz CT molecular complexity index is 140. The number of carbonyl (C=O) groups is 1. The molecule has 6 nitrogen and oxygen atoms in total. The molecule has 0 amide bonds. The molecule has 0 aliphatic carbocycles. The van der Waals surface area contributed by atoms with Gasteiger partial charge in [-0.2, -0.15) is 0 Å². The van der Waals surface area contributed by atoms with Gasteiger partial charge in [0.1, 0.15) is 12.3 Å². The van der Waals surface area contributed by atoms with Crippen LogP contribution in [0.25, 0.3) is 0 Å². The van der Waals surface area contributed by atoms with Gasteiger partial charge in [0, 0.05) is 0 Å². The second-order valence-corrected chi connectivity index (χ2v) is 2.57. The van der Waals surface area contributed by atoms with Crippen molar-refractivity contribution in [2.24, 2.45) is 17.2 Å². The number of rotatable bonds is 6. The minimum Gasteiger partial charge on any atom is -0.480 e. The Morgan fingerprint density at radius 1 is 1.42 bits per heavy atom. The molecule has 0 aromatic heterocycles. The Labute approximate surface area is 71.1 Å². The van der Waals surface area contributed by atoms with E-state index < -0.39 is 18.3 Å². The van der Waals surface area contributed by atoms with Gasteiger partial charge in [-0.1, -0.05) is 0 Å². The van der Waals surface area contributed by atoms with Crippen molar-refractivity contribution in [2.45, 2.75) is 25.2 Å². The van der Waals surface area contributed by atoms with Crippen LogP contribution in [-0.4, -0.2) is 30.0 Å². The van der Waals surface area contributed by atoms with Crippen molar-refractivity contribution in [2.75, 3.05) is 6.54 Å². The van der Waals surface area contributed by atoms with Crippen molar-refractivity contribution < 1.29 is 9.90 Å². The zero-order valence-electron chi connectivity index (χ0n) is 6.86. The van der Waals surface area contributed by atoms with Crippen LogP contribution in [0.5, 0.6) is 0 Å². The average Bonchev–Trinajstić information content (AvgIpc) is 1.97. The first-order valence-corrected chi connectivity index (χ1v) is 3.77. The molecule has 1 atom stereocenters. The second-order valence-electron chi connectivity index (χ2n) is 2.57. The smallest absolute Gasteiger partial charge is 0.320 e. The molecular formula is C6H16N4O2. The molecule has 8 N–H and O–H groups in total. The maximum atomic E-state index is 10.2. The molecule has 0 fully saturated rings. The number of hydrogen-bond donors (Lipinski definition) is 5. The third kappa shape index (κ3) is 6.05. The highest BCUT2D eigenvalue weighted by Crippen LogP contribution is 1.92. The number of carboxylic acid groups (broad SMARTS) is 1. The molecule has 0 spiro atoms. The molecule has 0 bridgehead atoms. The topological polar surface area (TPSA) is 127 Å². The SMILES string of the molecule is NC(N)NCCC[C@H](N)C(=O)O. The third-order valence-corrected chi connectivity index (χ3v) is 1.39. The van der Waals surface area contributed by atoms with Gasteiger partial charge in [0.25, 0.3) is 0 Å². The maximum Gasteiger partial charge on any atom is 0.320 e. The van der Waals surface area contributed by atoms with E-state index >= 15 is 0 Å². The summed E-state index contributed by atoms with van der Waals surface area (Å²) in [6.45, 7) is 0.582. The number of nitrogens with two attached hydrogens (primary N) is 3. The second kappa shape index (κ2) is 5.90. The highest BCUT2D eigenvalue weighted by molar-refractivity contribution is 5.72. The number of hydrogen-bond acceptors (Lipinski definition) is 5. The van der Waals surface area contributed by atoms with Crippen molar-refractivity contribution in [3.05, 3.63) is 0 Å². The van der Waals surface area contributed by atoms with Gasteiger partial charge in [0.05, 0.1) is 0 Å². The largest absolute Gasteiger partial charge is 0.480 e. The van der Waals surface area contributed by atoms with E-state index in [9.17, 15) is 4.79 Å². The molecule has 0 rings (SSSR count). The molecule has 0 aliphatic rings. The summed E-state index contributed by atoms with van der Waals surface area (Å²) in [6, 6.07) is -0.791. The lowest BCUT2D eigenvalue weighted by molar-refractivity contribution is -0.138. The minimum absolute atomic E-state index is 0.426. The van der Waals surface area contributed by atoms with Crippen molar-refractivity contribution in [3.8, 4) is 0 Å². The van der Waals surface area contributed by atoms with E-state index in [1.807, 2.05) is 0 Å². The molecule has 0 radical (unpaired) electrons. The van der Waals surface area contributed by atoms with E-state index in [-0.39, 0.29) is 0 Å². The average molecular weight is 176 g/mol. The Morgan fingerprint density at radius 2 is 2.00 bits per heavy atom. The monoisotopic (exact) mass is 176 g/mol. The van der Waals surface area contributed by atoms with E-state index in [1.165, 1.54) is 0 Å². The van der Waals surface area contributed by atoms with Crippen molar-refractivity contribution >= 4 is 5.97 Å². The standard InChI is InChI=1S/C6H16N4O2/c7-4(5(11)12)2-1-3-10-6(8)9/h4,6,10H,1-3,7-9H2,(H,11,12)/t4-/m0/s1. The highest BCUT2D eigenvalue weighted by atomic mass is 16.4. The molecule has 0 saturated carbocycles. The lowest BCUT2D eigenvalue weighted by Gasteiger charge is -2.09. The molecule has 0 heterocycles. The van der Waals surface area contributed by atoms with Crippen LogP contribution in [0.1, 0.15) is 12.8 Å². The first-order chi connectivity index (χ1) is 5.54. The van der Waals surface area contributed by atoms with Crippen LogP contribution in [0.15, 0.2) is 0 Å². The predicted molar refractivity (Wildman–Crippen MR) is 45.0 cm³/mol. The molecule has 6 heteroatoms. The zero-order chi connectivity index (χ0) is 9.56. The van der Waals surface area contributed by atoms with E-state index in [0.717, 1.165) is 0 Å². The summed E-state index contributed by atoms with van der Waals surface area (Å²) in [7, 11) is 0. The summed E-state index contributed by atoms with van der Waals surface area (Å²) < 4.78 is 0. The van der Waals surface area contributed by atoms with Crippen LogP contribution in [-0.2, 0) is 4.79 Å². The molecule has 0 aromatic rings. The summed E-state index contributed by atoms with van der Waals surface area (Å²) in [5.41, 5.74) is 15.6. The summed E-state index contributed by atoms with van der Waals surface area (Å²) >= 11 is 0. The lowest BCUT2D eigenvalue weighted by Crippen LogP contribution is -2.45. The van der Waals surface area contributed by atoms with Gasteiger partial charge >= 0.3 is 5.97 Å². The first kappa shape index (κ1) is 11.3.